The molecule has 0 bridgehead atoms. The molecule has 1 aliphatic rings. The molecule has 2 aromatic rings. The summed E-state index contributed by atoms with van der Waals surface area (Å²) < 4.78 is 7.18. The number of hydrogen-bond acceptors (Lipinski definition) is 4. The lowest BCUT2D eigenvalue weighted by atomic mass is 10.2. The Kier molecular flexibility index (Phi) is 3.77. The fourth-order valence-electron chi connectivity index (χ4n) is 2.31. The van der Waals surface area contributed by atoms with Crippen LogP contribution in [0.3, 0.4) is 0 Å². The van der Waals surface area contributed by atoms with Crippen molar-refractivity contribution in [2.45, 2.75) is 6.92 Å². The number of ether oxygens (including phenoxy) is 1. The number of aromatic nitrogens is 1. The van der Waals surface area contributed by atoms with Crippen LogP contribution in [0, 0.1) is 6.92 Å². The van der Waals surface area contributed by atoms with Crippen molar-refractivity contribution in [3.8, 4) is 11.4 Å². The number of hydrogen-bond donors (Lipinski definition) is 1. The molecule has 1 N–H and O–H groups in total. The molecule has 1 saturated heterocycles. The lowest BCUT2D eigenvalue weighted by Gasteiger charge is -2.10. The standard InChI is InChI=1S/C16H14N2O3S/c1-10-3-4-12(9-14-15(19)17-16(20)22-14)18(10)11-5-7-13(21-2)8-6-11/h3-9H,1-2H3,(H,17,19,20)/b14-9+. The van der Waals surface area contributed by atoms with Crippen molar-refractivity contribution >= 4 is 29.0 Å². The number of nitrogens with zero attached hydrogens (tertiary/aromatic N) is 1. The first kappa shape index (κ1) is 14.5. The van der Waals surface area contributed by atoms with Gasteiger partial charge in [0.25, 0.3) is 11.1 Å². The van der Waals surface area contributed by atoms with Crippen LogP contribution in [-0.4, -0.2) is 22.8 Å². The molecule has 1 fully saturated rings. The van der Waals surface area contributed by atoms with E-state index < -0.39 is 0 Å². The Labute approximate surface area is 132 Å². The molecule has 0 saturated carbocycles. The van der Waals surface area contributed by atoms with Gasteiger partial charge in [0.05, 0.1) is 12.0 Å². The van der Waals surface area contributed by atoms with Gasteiger partial charge in [0.15, 0.2) is 0 Å². The molecule has 3 rings (SSSR count). The van der Waals surface area contributed by atoms with Gasteiger partial charge < -0.3 is 9.30 Å². The van der Waals surface area contributed by atoms with Gasteiger partial charge in [-0.3, -0.25) is 14.9 Å². The van der Waals surface area contributed by atoms with Gasteiger partial charge in [-0.1, -0.05) is 0 Å². The summed E-state index contributed by atoms with van der Waals surface area (Å²) in [5, 5.41) is 1.92. The molecule has 1 aliphatic heterocycles. The number of imide groups is 1. The number of thioether (sulfide) groups is 1. The Balaban J connectivity index is 2.02. The summed E-state index contributed by atoms with van der Waals surface area (Å²) in [6.45, 7) is 1.99. The van der Waals surface area contributed by atoms with Crippen LogP contribution in [0.15, 0.2) is 41.3 Å². The van der Waals surface area contributed by atoms with Gasteiger partial charge in [-0.05, 0) is 61.2 Å². The van der Waals surface area contributed by atoms with Gasteiger partial charge in [0.2, 0.25) is 0 Å². The van der Waals surface area contributed by atoms with Gasteiger partial charge >= 0.3 is 0 Å². The second-order valence-electron chi connectivity index (χ2n) is 4.79. The SMILES string of the molecule is COc1ccc(-n2c(C)ccc2/C=C2/SC(=O)NC2=O)cc1. The van der Waals surface area contributed by atoms with E-state index in [-0.39, 0.29) is 11.1 Å². The predicted octanol–water partition coefficient (Wildman–Crippen LogP) is 3.12. The highest BCUT2D eigenvalue weighted by Crippen LogP contribution is 2.28. The highest BCUT2D eigenvalue weighted by Gasteiger charge is 2.25. The molecular weight excluding hydrogens is 300 g/mol. The van der Waals surface area contributed by atoms with E-state index in [2.05, 4.69) is 5.32 Å². The maximum atomic E-state index is 11.7. The molecule has 0 radical (unpaired) electrons. The first-order valence-electron chi connectivity index (χ1n) is 6.66. The van der Waals surface area contributed by atoms with Crippen LogP contribution in [0.25, 0.3) is 11.8 Å². The minimum absolute atomic E-state index is 0.337. The first-order chi connectivity index (χ1) is 10.6. The highest BCUT2D eigenvalue weighted by molar-refractivity contribution is 8.18. The lowest BCUT2D eigenvalue weighted by molar-refractivity contribution is -0.115. The number of benzene rings is 1. The van der Waals surface area contributed by atoms with Crippen LogP contribution in [0.5, 0.6) is 5.75 Å². The molecule has 0 unspecified atom stereocenters. The molecule has 0 aliphatic carbocycles. The van der Waals surface area contributed by atoms with E-state index in [4.69, 9.17) is 4.74 Å². The van der Waals surface area contributed by atoms with Crippen molar-refractivity contribution in [1.82, 2.24) is 9.88 Å². The van der Waals surface area contributed by atoms with Crippen molar-refractivity contribution in [2.75, 3.05) is 7.11 Å². The zero-order valence-electron chi connectivity index (χ0n) is 12.1. The average molecular weight is 314 g/mol. The van der Waals surface area contributed by atoms with E-state index in [0.29, 0.717) is 4.91 Å². The highest BCUT2D eigenvalue weighted by atomic mass is 32.2. The van der Waals surface area contributed by atoms with E-state index >= 15 is 0 Å². The van der Waals surface area contributed by atoms with Crippen LogP contribution >= 0.6 is 11.8 Å². The van der Waals surface area contributed by atoms with Crippen LogP contribution in [-0.2, 0) is 4.79 Å². The van der Waals surface area contributed by atoms with Crippen LogP contribution in [0.4, 0.5) is 4.79 Å². The summed E-state index contributed by atoms with van der Waals surface area (Å²) in [5.41, 5.74) is 2.84. The van der Waals surface area contributed by atoms with Gasteiger partial charge in [-0.15, -0.1) is 0 Å². The number of methoxy groups -OCH3 is 1. The van der Waals surface area contributed by atoms with Gasteiger partial charge in [-0.25, -0.2) is 0 Å². The molecule has 1 aromatic heterocycles. The van der Waals surface area contributed by atoms with Crippen molar-refractivity contribution in [1.29, 1.82) is 0 Å². The second kappa shape index (κ2) is 5.73. The minimum Gasteiger partial charge on any atom is -0.497 e. The molecule has 1 aromatic carbocycles. The predicted molar refractivity (Wildman–Crippen MR) is 86.2 cm³/mol. The molecule has 22 heavy (non-hydrogen) atoms. The van der Waals surface area contributed by atoms with E-state index in [1.165, 1.54) is 0 Å². The van der Waals surface area contributed by atoms with Crippen LogP contribution < -0.4 is 10.1 Å². The van der Waals surface area contributed by atoms with Crippen molar-refractivity contribution in [3.63, 3.8) is 0 Å². The number of carbonyl (C=O) groups is 2. The molecule has 0 atom stereocenters. The molecular formula is C16H14N2O3S. The molecule has 2 amide bonds. The molecule has 6 heteroatoms. The maximum Gasteiger partial charge on any atom is 0.290 e. The number of carbonyl (C=O) groups excluding carboxylic acids is 2. The Morgan fingerprint density at radius 1 is 1.14 bits per heavy atom. The molecule has 0 spiro atoms. The Morgan fingerprint density at radius 3 is 2.45 bits per heavy atom. The van der Waals surface area contributed by atoms with Crippen LogP contribution in [0.1, 0.15) is 11.4 Å². The Hall–Kier alpha value is -2.47. The third-order valence-electron chi connectivity index (χ3n) is 3.36. The topological polar surface area (TPSA) is 60.3 Å². The van der Waals surface area contributed by atoms with E-state index in [1.54, 1.807) is 13.2 Å². The van der Waals surface area contributed by atoms with E-state index in [0.717, 1.165) is 34.6 Å². The number of nitrogens with one attached hydrogen (secondary N) is 1. The van der Waals surface area contributed by atoms with Crippen LogP contribution in [0.2, 0.25) is 0 Å². The fraction of sp³-hybridized carbons (Fsp3) is 0.125. The largest absolute Gasteiger partial charge is 0.497 e. The second-order valence-corrected chi connectivity index (χ2v) is 5.80. The smallest absolute Gasteiger partial charge is 0.290 e. The summed E-state index contributed by atoms with van der Waals surface area (Å²) in [7, 11) is 1.62. The van der Waals surface area contributed by atoms with Crippen molar-refractivity contribution in [3.05, 3.63) is 52.7 Å². The third kappa shape index (κ3) is 2.65. The molecule has 5 nitrogen and oxygen atoms in total. The van der Waals surface area contributed by atoms with Crippen molar-refractivity contribution < 1.29 is 14.3 Å². The lowest BCUT2D eigenvalue weighted by Crippen LogP contribution is -2.17. The summed E-state index contributed by atoms with van der Waals surface area (Å²) in [4.78, 5) is 23.3. The van der Waals surface area contributed by atoms with Gasteiger partial charge in [0, 0.05) is 17.1 Å². The number of amides is 2. The zero-order valence-corrected chi connectivity index (χ0v) is 12.9. The molecule has 112 valence electrons. The number of rotatable bonds is 3. The summed E-state index contributed by atoms with van der Waals surface area (Å²) in [6, 6.07) is 11.5. The fourth-order valence-corrected chi connectivity index (χ4v) is 2.98. The van der Waals surface area contributed by atoms with E-state index in [9.17, 15) is 9.59 Å². The minimum atomic E-state index is -0.352. The zero-order chi connectivity index (χ0) is 15.7. The monoisotopic (exact) mass is 314 g/mol. The average Bonchev–Trinajstić information content (AvgIpc) is 3.02. The third-order valence-corrected chi connectivity index (χ3v) is 4.17. The van der Waals surface area contributed by atoms with Crippen molar-refractivity contribution in [2.24, 2.45) is 0 Å². The van der Waals surface area contributed by atoms with E-state index in [1.807, 2.05) is 47.9 Å². The Bertz CT molecular complexity index is 775. The first-order valence-corrected chi connectivity index (χ1v) is 7.48. The quantitative estimate of drug-likeness (QED) is 0.884. The Morgan fingerprint density at radius 2 is 1.86 bits per heavy atom. The summed E-state index contributed by atoms with van der Waals surface area (Å²) in [5.74, 6) is 0.430. The number of aryl methyl sites for hydroxylation is 1. The summed E-state index contributed by atoms with van der Waals surface area (Å²) in [6.07, 6.45) is 1.72. The maximum absolute atomic E-state index is 11.7. The summed E-state index contributed by atoms with van der Waals surface area (Å²) >= 11 is 0.916. The molecule has 2 heterocycles. The van der Waals surface area contributed by atoms with Gasteiger partial charge in [-0.2, -0.15) is 0 Å². The van der Waals surface area contributed by atoms with Gasteiger partial charge in [0.1, 0.15) is 5.75 Å². The normalized spacial score (nSPS) is 16.2.